The number of pyridine rings is 3. The molecule has 0 saturated carbocycles. The number of H-pyrrole nitrogens is 2. The zero-order valence-corrected chi connectivity index (χ0v) is 16.1. The summed E-state index contributed by atoms with van der Waals surface area (Å²) in [5.41, 5.74) is 6.76. The summed E-state index contributed by atoms with van der Waals surface area (Å²) in [7, 11) is 0. The minimum absolute atomic E-state index is 0.0905. The van der Waals surface area contributed by atoms with Crippen molar-refractivity contribution in [2.75, 3.05) is 0 Å². The first kappa shape index (κ1) is 17.3. The van der Waals surface area contributed by atoms with Crippen molar-refractivity contribution >= 4 is 21.9 Å². The summed E-state index contributed by atoms with van der Waals surface area (Å²) >= 11 is 0. The fraction of sp³-hybridized carbons (Fsp3) is 0. The minimum atomic E-state index is 0.0905. The van der Waals surface area contributed by atoms with Crippen molar-refractivity contribution in [1.29, 1.82) is 0 Å². The number of aromatic nitrogens is 7. The molecule has 0 saturated heterocycles. The van der Waals surface area contributed by atoms with Gasteiger partial charge in [0.25, 0.3) is 0 Å². The van der Waals surface area contributed by atoms with Gasteiger partial charge in [-0.15, -0.1) is 0 Å². The molecular formula is C23H15N7O. The van der Waals surface area contributed by atoms with Crippen LogP contribution in [0.5, 0.6) is 5.75 Å². The Hall–Kier alpha value is -4.59. The maximum atomic E-state index is 9.75. The average Bonchev–Trinajstić information content (AvgIpc) is 3.43. The highest BCUT2D eigenvalue weighted by atomic mass is 16.3. The van der Waals surface area contributed by atoms with Crippen molar-refractivity contribution < 1.29 is 5.11 Å². The van der Waals surface area contributed by atoms with E-state index in [1.165, 1.54) is 6.20 Å². The monoisotopic (exact) mass is 405 g/mol. The lowest BCUT2D eigenvalue weighted by Gasteiger charge is -2.01. The topological polar surface area (TPSA) is 116 Å². The number of hydrogen-bond donors (Lipinski definition) is 3. The molecule has 0 spiro atoms. The molecule has 5 aromatic heterocycles. The third kappa shape index (κ3) is 2.89. The standard InChI is InChI=1S/C23H15N7O/c31-15-8-14(10-25-11-15)19-9-17-20(12-26-19)29-30-22(17)23-27-18-3-1-2-16(21(18)28-23)13-4-6-24-7-5-13/h1-12,31H,(H,27,28)(H,29,30). The molecule has 0 unspecified atom stereocenters. The molecule has 148 valence electrons. The van der Waals surface area contributed by atoms with E-state index in [1.807, 2.05) is 36.4 Å². The number of hydrogen-bond acceptors (Lipinski definition) is 6. The van der Waals surface area contributed by atoms with Crippen LogP contribution in [0, 0.1) is 0 Å². The first-order valence-corrected chi connectivity index (χ1v) is 9.64. The number of benzene rings is 1. The van der Waals surface area contributed by atoms with Gasteiger partial charge in [-0.1, -0.05) is 12.1 Å². The lowest BCUT2D eigenvalue weighted by atomic mass is 10.1. The Morgan fingerprint density at radius 2 is 1.74 bits per heavy atom. The van der Waals surface area contributed by atoms with Gasteiger partial charge in [0, 0.05) is 35.1 Å². The number of rotatable bonds is 3. The highest BCUT2D eigenvalue weighted by Crippen LogP contribution is 2.32. The quantitative estimate of drug-likeness (QED) is 0.403. The Labute approximate surface area is 175 Å². The van der Waals surface area contributed by atoms with E-state index < -0.39 is 0 Å². The van der Waals surface area contributed by atoms with Gasteiger partial charge in [0.15, 0.2) is 5.82 Å². The summed E-state index contributed by atoms with van der Waals surface area (Å²) in [6.07, 6.45) is 8.31. The van der Waals surface area contributed by atoms with E-state index in [0.29, 0.717) is 17.2 Å². The molecule has 1 aromatic carbocycles. The Balaban J connectivity index is 1.51. The molecule has 5 heterocycles. The van der Waals surface area contributed by atoms with Gasteiger partial charge in [-0.25, -0.2) is 4.98 Å². The third-order valence-corrected chi connectivity index (χ3v) is 5.20. The molecule has 8 nitrogen and oxygen atoms in total. The molecule has 0 amide bonds. The second kappa shape index (κ2) is 6.74. The highest BCUT2D eigenvalue weighted by molar-refractivity contribution is 5.97. The molecule has 6 rings (SSSR count). The number of nitrogens with zero attached hydrogens (tertiary/aromatic N) is 5. The number of imidazole rings is 1. The van der Waals surface area contributed by atoms with E-state index in [2.05, 4.69) is 30.1 Å². The Kier molecular flexibility index (Phi) is 3.76. The van der Waals surface area contributed by atoms with Crippen LogP contribution in [0.25, 0.3) is 55.8 Å². The normalized spacial score (nSPS) is 11.4. The van der Waals surface area contributed by atoms with Crippen LogP contribution in [0.1, 0.15) is 0 Å². The van der Waals surface area contributed by atoms with Gasteiger partial charge < -0.3 is 10.1 Å². The predicted molar refractivity (Wildman–Crippen MR) is 117 cm³/mol. The molecule has 3 N–H and O–H groups in total. The van der Waals surface area contributed by atoms with Gasteiger partial charge in [-0.05, 0) is 35.9 Å². The maximum Gasteiger partial charge on any atom is 0.159 e. The zero-order chi connectivity index (χ0) is 20.8. The number of aromatic amines is 2. The molecule has 0 fully saturated rings. The summed E-state index contributed by atoms with van der Waals surface area (Å²) in [4.78, 5) is 20.9. The number of para-hydroxylation sites is 1. The Morgan fingerprint density at radius 1 is 0.839 bits per heavy atom. The van der Waals surface area contributed by atoms with Gasteiger partial charge >= 0.3 is 0 Å². The van der Waals surface area contributed by atoms with Crippen LogP contribution in [0.15, 0.2) is 73.4 Å². The molecule has 0 aliphatic heterocycles. The van der Waals surface area contributed by atoms with Crippen LogP contribution in [0.2, 0.25) is 0 Å². The van der Waals surface area contributed by atoms with Crippen LogP contribution in [-0.2, 0) is 0 Å². The van der Waals surface area contributed by atoms with Gasteiger partial charge in [0.1, 0.15) is 11.4 Å². The maximum absolute atomic E-state index is 9.75. The lowest BCUT2D eigenvalue weighted by Crippen LogP contribution is -1.86. The smallest absolute Gasteiger partial charge is 0.159 e. The van der Waals surface area contributed by atoms with Crippen molar-refractivity contribution in [3.63, 3.8) is 0 Å². The van der Waals surface area contributed by atoms with E-state index in [0.717, 1.165) is 38.6 Å². The van der Waals surface area contributed by atoms with Crippen LogP contribution in [0.3, 0.4) is 0 Å². The van der Waals surface area contributed by atoms with Gasteiger partial charge in [-0.2, -0.15) is 5.10 Å². The first-order valence-electron chi connectivity index (χ1n) is 9.64. The van der Waals surface area contributed by atoms with Crippen molar-refractivity contribution in [2.45, 2.75) is 0 Å². The number of fused-ring (bicyclic) bond motifs is 2. The summed E-state index contributed by atoms with van der Waals surface area (Å²) in [6, 6.07) is 13.5. The number of nitrogens with one attached hydrogen (secondary N) is 2. The summed E-state index contributed by atoms with van der Waals surface area (Å²) in [6.45, 7) is 0. The summed E-state index contributed by atoms with van der Waals surface area (Å²) in [5, 5.41) is 18.1. The molecule has 0 aliphatic rings. The Bertz CT molecular complexity index is 1550. The van der Waals surface area contributed by atoms with Crippen LogP contribution in [0.4, 0.5) is 0 Å². The predicted octanol–water partition coefficient (Wildman–Crippen LogP) is 4.33. The SMILES string of the molecule is Oc1cncc(-c2cc3c(-c4nc5c(-c6ccncc6)cccc5[nH]4)n[nH]c3cn2)c1. The zero-order valence-electron chi connectivity index (χ0n) is 16.1. The van der Waals surface area contributed by atoms with Crippen molar-refractivity contribution in [2.24, 2.45) is 0 Å². The van der Waals surface area contributed by atoms with E-state index >= 15 is 0 Å². The fourth-order valence-electron chi connectivity index (χ4n) is 3.73. The molecule has 31 heavy (non-hydrogen) atoms. The van der Waals surface area contributed by atoms with Crippen LogP contribution < -0.4 is 0 Å². The lowest BCUT2D eigenvalue weighted by molar-refractivity contribution is 0.473. The third-order valence-electron chi connectivity index (χ3n) is 5.20. The number of aromatic hydroxyl groups is 1. The molecular weight excluding hydrogens is 390 g/mol. The molecule has 0 atom stereocenters. The minimum Gasteiger partial charge on any atom is -0.506 e. The van der Waals surface area contributed by atoms with Gasteiger partial charge in [0.2, 0.25) is 0 Å². The molecule has 0 radical (unpaired) electrons. The Morgan fingerprint density at radius 3 is 2.61 bits per heavy atom. The van der Waals surface area contributed by atoms with Crippen molar-refractivity contribution in [3.05, 3.63) is 73.4 Å². The summed E-state index contributed by atoms with van der Waals surface area (Å²) in [5.74, 6) is 0.752. The van der Waals surface area contributed by atoms with Crippen LogP contribution >= 0.6 is 0 Å². The highest BCUT2D eigenvalue weighted by Gasteiger charge is 2.16. The second-order valence-electron chi connectivity index (χ2n) is 7.14. The van der Waals surface area contributed by atoms with Gasteiger partial charge in [-0.3, -0.25) is 20.1 Å². The molecule has 6 aromatic rings. The molecule has 0 aliphatic carbocycles. The summed E-state index contributed by atoms with van der Waals surface area (Å²) < 4.78 is 0. The largest absolute Gasteiger partial charge is 0.506 e. The van der Waals surface area contributed by atoms with E-state index in [9.17, 15) is 5.11 Å². The van der Waals surface area contributed by atoms with Crippen LogP contribution in [-0.4, -0.2) is 40.2 Å². The van der Waals surface area contributed by atoms with E-state index in [1.54, 1.807) is 30.9 Å². The first-order chi connectivity index (χ1) is 15.3. The fourth-order valence-corrected chi connectivity index (χ4v) is 3.73. The second-order valence-corrected chi connectivity index (χ2v) is 7.14. The van der Waals surface area contributed by atoms with Crippen molar-refractivity contribution in [3.8, 4) is 39.7 Å². The van der Waals surface area contributed by atoms with Crippen molar-refractivity contribution in [1.82, 2.24) is 35.1 Å². The van der Waals surface area contributed by atoms with Gasteiger partial charge in [0.05, 0.1) is 34.6 Å². The van der Waals surface area contributed by atoms with E-state index in [4.69, 9.17) is 4.98 Å². The average molecular weight is 405 g/mol. The van der Waals surface area contributed by atoms with E-state index in [-0.39, 0.29) is 5.75 Å². The molecule has 8 heteroatoms. The molecule has 0 bridgehead atoms.